The summed E-state index contributed by atoms with van der Waals surface area (Å²) in [5.74, 6) is 0.755. The lowest BCUT2D eigenvalue weighted by molar-refractivity contribution is 0.155. The largest absolute Gasteiger partial charge is 0.304 e. The Morgan fingerprint density at radius 1 is 1.38 bits per heavy atom. The summed E-state index contributed by atoms with van der Waals surface area (Å²) in [4.78, 5) is 9.45. The van der Waals surface area contributed by atoms with Gasteiger partial charge in [-0.25, -0.2) is 4.98 Å². The SMILES string of the molecule is CN1CCN(CCc2nc(CS)cs2)CC1. The number of hydrogen-bond acceptors (Lipinski definition) is 5. The van der Waals surface area contributed by atoms with Crippen molar-refractivity contribution in [3.8, 4) is 0 Å². The summed E-state index contributed by atoms with van der Waals surface area (Å²) in [6, 6.07) is 0. The number of aromatic nitrogens is 1. The third kappa shape index (κ3) is 3.45. The van der Waals surface area contributed by atoms with Crippen LogP contribution in [0, 0.1) is 0 Å². The molecule has 3 nitrogen and oxygen atoms in total. The summed E-state index contributed by atoms with van der Waals surface area (Å²) in [5.41, 5.74) is 1.11. The molecule has 1 aromatic rings. The van der Waals surface area contributed by atoms with Gasteiger partial charge in [0, 0.05) is 50.3 Å². The zero-order chi connectivity index (χ0) is 11.4. The first-order chi connectivity index (χ1) is 7.78. The molecule has 5 heteroatoms. The van der Waals surface area contributed by atoms with Crippen molar-refractivity contribution >= 4 is 24.0 Å². The summed E-state index contributed by atoms with van der Waals surface area (Å²) in [7, 11) is 2.19. The Balaban J connectivity index is 1.74. The van der Waals surface area contributed by atoms with Crippen LogP contribution in [0.3, 0.4) is 0 Å². The van der Waals surface area contributed by atoms with Crippen molar-refractivity contribution < 1.29 is 0 Å². The molecule has 2 heterocycles. The molecule has 1 aliphatic heterocycles. The number of nitrogens with zero attached hydrogens (tertiary/aromatic N) is 3. The van der Waals surface area contributed by atoms with Crippen molar-refractivity contribution in [1.82, 2.24) is 14.8 Å². The Morgan fingerprint density at radius 3 is 2.75 bits per heavy atom. The Morgan fingerprint density at radius 2 is 2.12 bits per heavy atom. The van der Waals surface area contributed by atoms with Crippen LogP contribution in [0.4, 0.5) is 0 Å². The second kappa shape index (κ2) is 6.00. The summed E-state index contributed by atoms with van der Waals surface area (Å²) in [5, 5.41) is 3.37. The quantitative estimate of drug-likeness (QED) is 0.822. The Hall–Kier alpha value is -0.100. The van der Waals surface area contributed by atoms with E-state index in [9.17, 15) is 0 Å². The normalized spacial score (nSPS) is 19.1. The zero-order valence-electron chi connectivity index (χ0n) is 9.72. The van der Waals surface area contributed by atoms with Crippen LogP contribution in [0.15, 0.2) is 5.38 Å². The van der Waals surface area contributed by atoms with E-state index in [1.54, 1.807) is 11.3 Å². The summed E-state index contributed by atoms with van der Waals surface area (Å²) in [6.07, 6.45) is 1.09. The van der Waals surface area contributed by atoms with Gasteiger partial charge >= 0.3 is 0 Å². The van der Waals surface area contributed by atoms with Gasteiger partial charge in [0.2, 0.25) is 0 Å². The molecule has 1 aliphatic rings. The van der Waals surface area contributed by atoms with Crippen molar-refractivity contribution in [2.45, 2.75) is 12.2 Å². The van der Waals surface area contributed by atoms with E-state index in [1.165, 1.54) is 31.2 Å². The molecule has 0 spiro atoms. The Labute approximate surface area is 107 Å². The molecule has 0 amide bonds. The van der Waals surface area contributed by atoms with E-state index in [0.29, 0.717) is 0 Å². The molecule has 1 fully saturated rings. The molecule has 0 radical (unpaired) electrons. The van der Waals surface area contributed by atoms with Crippen LogP contribution in [0.1, 0.15) is 10.7 Å². The van der Waals surface area contributed by atoms with Crippen molar-refractivity contribution in [3.63, 3.8) is 0 Å². The second-order valence-corrected chi connectivity index (χ2v) is 5.54. The lowest BCUT2D eigenvalue weighted by Crippen LogP contribution is -2.45. The van der Waals surface area contributed by atoms with Gasteiger partial charge in [-0.3, -0.25) is 0 Å². The van der Waals surface area contributed by atoms with Crippen molar-refractivity contribution in [2.24, 2.45) is 0 Å². The third-order valence-electron chi connectivity index (χ3n) is 3.00. The molecule has 0 N–H and O–H groups in total. The van der Waals surface area contributed by atoms with Crippen molar-refractivity contribution in [3.05, 3.63) is 16.1 Å². The fourth-order valence-electron chi connectivity index (χ4n) is 1.86. The van der Waals surface area contributed by atoms with Crippen LogP contribution in [-0.2, 0) is 12.2 Å². The van der Waals surface area contributed by atoms with Gasteiger partial charge < -0.3 is 9.80 Å². The van der Waals surface area contributed by atoms with E-state index in [-0.39, 0.29) is 0 Å². The minimum Gasteiger partial charge on any atom is -0.304 e. The van der Waals surface area contributed by atoms with Gasteiger partial charge in [0.05, 0.1) is 10.7 Å². The molecule has 0 unspecified atom stereocenters. The molecule has 0 atom stereocenters. The minimum absolute atomic E-state index is 0.755. The third-order valence-corrected chi connectivity index (χ3v) is 4.28. The minimum atomic E-state index is 0.755. The maximum absolute atomic E-state index is 4.53. The van der Waals surface area contributed by atoms with E-state index in [2.05, 4.69) is 39.8 Å². The van der Waals surface area contributed by atoms with Crippen molar-refractivity contribution in [2.75, 3.05) is 39.8 Å². The average Bonchev–Trinajstić information content (AvgIpc) is 2.76. The first-order valence-electron chi connectivity index (χ1n) is 5.73. The van der Waals surface area contributed by atoms with Crippen LogP contribution in [0.2, 0.25) is 0 Å². The van der Waals surface area contributed by atoms with E-state index >= 15 is 0 Å². The van der Waals surface area contributed by atoms with Crippen LogP contribution in [-0.4, -0.2) is 54.6 Å². The molecule has 16 heavy (non-hydrogen) atoms. The van der Waals surface area contributed by atoms with Gasteiger partial charge in [-0.15, -0.1) is 11.3 Å². The lowest BCUT2D eigenvalue weighted by atomic mass is 10.3. The van der Waals surface area contributed by atoms with Gasteiger partial charge in [-0.05, 0) is 7.05 Å². The van der Waals surface area contributed by atoms with Gasteiger partial charge in [-0.2, -0.15) is 12.6 Å². The van der Waals surface area contributed by atoms with Crippen LogP contribution < -0.4 is 0 Å². The number of likely N-dealkylation sites (N-methyl/N-ethyl adjacent to an activating group) is 1. The maximum atomic E-state index is 4.53. The summed E-state index contributed by atoms with van der Waals surface area (Å²) < 4.78 is 0. The monoisotopic (exact) mass is 257 g/mol. The molecule has 0 aliphatic carbocycles. The average molecular weight is 257 g/mol. The van der Waals surface area contributed by atoms with E-state index < -0.39 is 0 Å². The predicted molar refractivity (Wildman–Crippen MR) is 72.4 cm³/mol. The van der Waals surface area contributed by atoms with Crippen molar-refractivity contribution in [1.29, 1.82) is 0 Å². The van der Waals surface area contributed by atoms with E-state index in [0.717, 1.165) is 24.4 Å². The molecule has 90 valence electrons. The molecule has 1 aromatic heterocycles. The molecule has 0 saturated carbocycles. The van der Waals surface area contributed by atoms with Gasteiger partial charge in [0.15, 0.2) is 0 Å². The number of rotatable bonds is 4. The lowest BCUT2D eigenvalue weighted by Gasteiger charge is -2.32. The molecular formula is C11H19N3S2. The molecule has 2 rings (SSSR count). The highest BCUT2D eigenvalue weighted by molar-refractivity contribution is 7.79. The summed E-state index contributed by atoms with van der Waals surface area (Å²) >= 11 is 6.00. The Bertz CT molecular complexity index is 319. The second-order valence-electron chi connectivity index (χ2n) is 4.29. The van der Waals surface area contributed by atoms with E-state index in [4.69, 9.17) is 0 Å². The first-order valence-corrected chi connectivity index (χ1v) is 7.24. The highest BCUT2D eigenvalue weighted by atomic mass is 32.1. The number of thiol groups is 1. The number of thiazole rings is 1. The molecule has 0 aromatic carbocycles. The Kier molecular flexibility index (Phi) is 4.64. The van der Waals surface area contributed by atoms with Gasteiger partial charge in [-0.1, -0.05) is 0 Å². The first kappa shape index (κ1) is 12.4. The topological polar surface area (TPSA) is 19.4 Å². The van der Waals surface area contributed by atoms with Gasteiger partial charge in [0.1, 0.15) is 0 Å². The highest BCUT2D eigenvalue weighted by Crippen LogP contribution is 2.12. The highest BCUT2D eigenvalue weighted by Gasteiger charge is 2.13. The molecular weight excluding hydrogens is 238 g/mol. The van der Waals surface area contributed by atoms with Crippen LogP contribution >= 0.6 is 24.0 Å². The number of hydrogen-bond donors (Lipinski definition) is 1. The molecule has 0 bridgehead atoms. The fourth-order valence-corrected chi connectivity index (χ4v) is 2.93. The number of piperazine rings is 1. The van der Waals surface area contributed by atoms with Gasteiger partial charge in [0.25, 0.3) is 0 Å². The van der Waals surface area contributed by atoms with Crippen LogP contribution in [0.5, 0.6) is 0 Å². The summed E-state index contributed by atoms with van der Waals surface area (Å²) in [6.45, 7) is 5.93. The standard InChI is InChI=1S/C11H19N3S2/c1-13-4-6-14(7-5-13)3-2-11-12-10(8-15)9-16-11/h9,15H,2-8H2,1H3. The fraction of sp³-hybridized carbons (Fsp3) is 0.727. The molecule has 1 saturated heterocycles. The maximum Gasteiger partial charge on any atom is 0.0941 e. The smallest absolute Gasteiger partial charge is 0.0941 e. The van der Waals surface area contributed by atoms with Crippen LogP contribution in [0.25, 0.3) is 0 Å². The zero-order valence-corrected chi connectivity index (χ0v) is 11.4. The van der Waals surface area contributed by atoms with E-state index in [1.807, 2.05) is 0 Å². The predicted octanol–water partition coefficient (Wildman–Crippen LogP) is 1.36.